The molecule has 158 valence electrons. The Kier molecular flexibility index (Phi) is 7.46. The van der Waals surface area contributed by atoms with E-state index in [1.165, 1.54) is 0 Å². The van der Waals surface area contributed by atoms with Crippen LogP contribution in [0.2, 0.25) is 0 Å². The Morgan fingerprint density at radius 3 is 2.72 bits per heavy atom. The van der Waals surface area contributed by atoms with Crippen molar-refractivity contribution < 1.29 is 23.9 Å². The summed E-state index contributed by atoms with van der Waals surface area (Å²) in [6.07, 6.45) is 2.94. The van der Waals surface area contributed by atoms with Crippen molar-refractivity contribution in [3.05, 3.63) is 23.8 Å². The molecule has 8 heteroatoms. The van der Waals surface area contributed by atoms with Gasteiger partial charge in [-0.1, -0.05) is 0 Å². The summed E-state index contributed by atoms with van der Waals surface area (Å²) in [5, 5.41) is 2.86. The number of Topliss-reactive ketones (excluding diaryl/α,β-unsaturated/α-hetero) is 1. The molecule has 1 aromatic rings. The maximum atomic E-state index is 12.3. The van der Waals surface area contributed by atoms with Crippen molar-refractivity contribution >= 4 is 17.6 Å². The van der Waals surface area contributed by atoms with E-state index in [0.29, 0.717) is 43.4 Å². The second-order valence-corrected chi connectivity index (χ2v) is 7.53. The average Bonchev–Trinajstić information content (AvgIpc) is 2.75. The highest BCUT2D eigenvalue weighted by Crippen LogP contribution is 2.31. The van der Waals surface area contributed by atoms with E-state index in [-0.39, 0.29) is 36.4 Å². The minimum absolute atomic E-state index is 0.0649. The number of hydrogen-bond acceptors (Lipinski definition) is 6. The summed E-state index contributed by atoms with van der Waals surface area (Å²) in [6, 6.07) is 5.10. The zero-order valence-corrected chi connectivity index (χ0v) is 16.7. The zero-order chi connectivity index (χ0) is 20.6. The van der Waals surface area contributed by atoms with E-state index in [9.17, 15) is 14.4 Å². The number of ketones is 1. The topological polar surface area (TPSA) is 111 Å². The Balaban J connectivity index is 1.33. The molecule has 2 aliphatic rings. The molecule has 3 rings (SSSR count). The maximum Gasteiger partial charge on any atom is 0.221 e. The van der Waals surface area contributed by atoms with Gasteiger partial charge in [-0.05, 0) is 50.6 Å². The van der Waals surface area contributed by atoms with Crippen LogP contribution in [-0.4, -0.2) is 61.9 Å². The van der Waals surface area contributed by atoms with Crippen LogP contribution >= 0.6 is 0 Å². The van der Waals surface area contributed by atoms with Gasteiger partial charge >= 0.3 is 0 Å². The molecule has 1 atom stereocenters. The van der Waals surface area contributed by atoms with Crippen LogP contribution < -0.4 is 20.5 Å². The Labute approximate surface area is 170 Å². The summed E-state index contributed by atoms with van der Waals surface area (Å²) < 4.78 is 10.9. The summed E-state index contributed by atoms with van der Waals surface area (Å²) in [7, 11) is 0. The lowest BCUT2D eigenvalue weighted by Crippen LogP contribution is -2.42. The third-order valence-electron chi connectivity index (χ3n) is 5.32. The van der Waals surface area contributed by atoms with Crippen LogP contribution in [0.5, 0.6) is 11.5 Å². The Morgan fingerprint density at radius 2 is 1.93 bits per heavy atom. The lowest BCUT2D eigenvalue weighted by Gasteiger charge is -2.31. The lowest BCUT2D eigenvalue weighted by molar-refractivity contribution is -0.123. The third-order valence-corrected chi connectivity index (χ3v) is 5.32. The smallest absolute Gasteiger partial charge is 0.221 e. The van der Waals surface area contributed by atoms with E-state index in [1.54, 1.807) is 18.2 Å². The highest BCUT2D eigenvalue weighted by atomic mass is 16.6. The highest BCUT2D eigenvalue weighted by molar-refractivity contribution is 5.98. The van der Waals surface area contributed by atoms with Gasteiger partial charge in [0.1, 0.15) is 13.2 Å². The number of hydrogen-bond donors (Lipinski definition) is 2. The van der Waals surface area contributed by atoms with Gasteiger partial charge in [0.15, 0.2) is 17.3 Å². The predicted octanol–water partition coefficient (Wildman–Crippen LogP) is 1.12. The van der Waals surface area contributed by atoms with Gasteiger partial charge in [-0.3, -0.25) is 14.4 Å². The van der Waals surface area contributed by atoms with Gasteiger partial charge < -0.3 is 25.4 Å². The number of primary amides is 1. The first-order chi connectivity index (χ1) is 14.0. The predicted molar refractivity (Wildman–Crippen MR) is 107 cm³/mol. The third kappa shape index (κ3) is 6.19. The summed E-state index contributed by atoms with van der Waals surface area (Å²) in [5.74, 6) is 0.687. The molecule has 3 N–H and O–H groups in total. The van der Waals surface area contributed by atoms with Gasteiger partial charge in [-0.25, -0.2) is 0 Å². The number of benzene rings is 1. The van der Waals surface area contributed by atoms with Gasteiger partial charge in [-0.15, -0.1) is 0 Å². The number of nitrogens with two attached hydrogens (primary N) is 1. The Morgan fingerprint density at radius 1 is 1.14 bits per heavy atom. The van der Waals surface area contributed by atoms with Crippen molar-refractivity contribution in [2.45, 2.75) is 32.1 Å². The van der Waals surface area contributed by atoms with E-state index >= 15 is 0 Å². The normalized spacial score (nSPS) is 18.8. The summed E-state index contributed by atoms with van der Waals surface area (Å²) >= 11 is 0. The van der Waals surface area contributed by atoms with Gasteiger partial charge in [0.25, 0.3) is 0 Å². The molecule has 0 spiro atoms. The molecule has 1 unspecified atom stereocenters. The van der Waals surface area contributed by atoms with Crippen LogP contribution in [0.3, 0.4) is 0 Å². The van der Waals surface area contributed by atoms with Gasteiger partial charge in [-0.2, -0.15) is 0 Å². The number of fused-ring (bicyclic) bond motifs is 1. The molecule has 2 amide bonds. The number of likely N-dealkylation sites (tertiary alicyclic amines) is 1. The number of carbonyl (C=O) groups excluding carboxylic acids is 3. The van der Waals surface area contributed by atoms with E-state index < -0.39 is 0 Å². The quantitative estimate of drug-likeness (QED) is 0.472. The van der Waals surface area contributed by atoms with Crippen LogP contribution in [0.4, 0.5) is 0 Å². The molecule has 29 heavy (non-hydrogen) atoms. The van der Waals surface area contributed by atoms with Gasteiger partial charge in [0.2, 0.25) is 11.8 Å². The first-order valence-electron chi connectivity index (χ1n) is 10.2. The molecule has 0 bridgehead atoms. The molecule has 0 aliphatic carbocycles. The summed E-state index contributed by atoms with van der Waals surface area (Å²) in [5.41, 5.74) is 5.92. The van der Waals surface area contributed by atoms with Crippen molar-refractivity contribution in [3.8, 4) is 11.5 Å². The Bertz CT molecular complexity index is 752. The second kappa shape index (κ2) is 10.2. The number of carbonyl (C=O) groups is 3. The van der Waals surface area contributed by atoms with E-state index in [1.807, 2.05) is 0 Å². The molecule has 2 heterocycles. The standard InChI is InChI=1S/C21H29N3O5/c22-21(27)16-3-1-9-24(14-16)10-2-8-23-20(26)7-5-17(25)15-4-6-18-19(13-15)29-12-11-28-18/h4,6,13,16H,1-3,5,7-12,14H2,(H2,22,27)(H,23,26). The van der Waals surface area contributed by atoms with Crippen LogP contribution in [0, 0.1) is 5.92 Å². The zero-order valence-electron chi connectivity index (χ0n) is 16.7. The van der Waals surface area contributed by atoms with Crippen LogP contribution in [0.15, 0.2) is 18.2 Å². The average molecular weight is 403 g/mol. The molecule has 8 nitrogen and oxygen atoms in total. The number of ether oxygens (including phenoxy) is 2. The van der Waals surface area contributed by atoms with Crippen molar-refractivity contribution in [1.29, 1.82) is 0 Å². The molecule has 1 aromatic carbocycles. The Hall–Kier alpha value is -2.61. The van der Waals surface area contributed by atoms with E-state index in [4.69, 9.17) is 15.2 Å². The van der Waals surface area contributed by atoms with Crippen molar-refractivity contribution in [2.75, 3.05) is 39.4 Å². The lowest BCUT2D eigenvalue weighted by atomic mass is 9.97. The maximum absolute atomic E-state index is 12.3. The number of nitrogens with zero attached hydrogens (tertiary/aromatic N) is 1. The van der Waals surface area contributed by atoms with Gasteiger partial charge in [0, 0.05) is 31.5 Å². The summed E-state index contributed by atoms with van der Waals surface area (Å²) in [6.45, 7) is 4.00. The molecule has 0 saturated carbocycles. The van der Waals surface area contributed by atoms with E-state index in [2.05, 4.69) is 10.2 Å². The molecular formula is C21H29N3O5. The molecule has 2 aliphatic heterocycles. The molecule has 1 fully saturated rings. The van der Waals surface area contributed by atoms with Crippen molar-refractivity contribution in [1.82, 2.24) is 10.2 Å². The molecule has 0 radical (unpaired) electrons. The number of piperidine rings is 1. The molecule has 1 saturated heterocycles. The number of amides is 2. The minimum Gasteiger partial charge on any atom is -0.486 e. The first kappa shape index (κ1) is 21.1. The minimum atomic E-state index is -0.231. The van der Waals surface area contributed by atoms with Gasteiger partial charge in [0.05, 0.1) is 5.92 Å². The van der Waals surface area contributed by atoms with Crippen LogP contribution in [-0.2, 0) is 9.59 Å². The first-order valence-corrected chi connectivity index (χ1v) is 10.2. The van der Waals surface area contributed by atoms with Crippen molar-refractivity contribution in [3.63, 3.8) is 0 Å². The van der Waals surface area contributed by atoms with Crippen LogP contribution in [0.25, 0.3) is 0 Å². The second-order valence-electron chi connectivity index (χ2n) is 7.53. The molecule has 0 aromatic heterocycles. The van der Waals surface area contributed by atoms with E-state index in [0.717, 1.165) is 32.4 Å². The fourth-order valence-corrected chi connectivity index (χ4v) is 3.70. The number of rotatable bonds is 9. The monoisotopic (exact) mass is 403 g/mol. The fourth-order valence-electron chi connectivity index (χ4n) is 3.70. The fraction of sp³-hybridized carbons (Fsp3) is 0.571. The number of nitrogens with one attached hydrogen (secondary N) is 1. The molecular weight excluding hydrogens is 374 g/mol. The SMILES string of the molecule is NC(=O)C1CCCN(CCCNC(=O)CCC(=O)c2ccc3c(c2)OCCO3)C1. The summed E-state index contributed by atoms with van der Waals surface area (Å²) in [4.78, 5) is 37.9. The largest absolute Gasteiger partial charge is 0.486 e. The van der Waals surface area contributed by atoms with Crippen LogP contribution in [0.1, 0.15) is 42.5 Å². The van der Waals surface area contributed by atoms with Crippen molar-refractivity contribution in [2.24, 2.45) is 11.7 Å². The highest BCUT2D eigenvalue weighted by Gasteiger charge is 2.23.